The Hall–Kier alpha value is -2.08. The summed E-state index contributed by atoms with van der Waals surface area (Å²) in [6, 6.07) is 5.09. The van der Waals surface area contributed by atoms with Gasteiger partial charge in [-0.25, -0.2) is 0 Å². The summed E-state index contributed by atoms with van der Waals surface area (Å²) in [6.45, 7) is 4.21. The standard InChI is InChI=1S/C19H29N3O3/c1-13(14-7-9-20-10-8-14)11-18(23)21-16-6-5-15(12-17(16)25-4)19(24)22(2)3/h5-6,12-14,20H,7-11H2,1-4H3,(H,21,23). The summed E-state index contributed by atoms with van der Waals surface area (Å²) in [5, 5.41) is 6.27. The Morgan fingerprint density at radius 3 is 2.60 bits per heavy atom. The smallest absolute Gasteiger partial charge is 0.253 e. The number of piperidine rings is 1. The van der Waals surface area contributed by atoms with Gasteiger partial charge in [-0.2, -0.15) is 0 Å². The molecule has 138 valence electrons. The number of hydrogen-bond acceptors (Lipinski definition) is 4. The Morgan fingerprint density at radius 2 is 2.00 bits per heavy atom. The molecule has 2 amide bonds. The highest BCUT2D eigenvalue weighted by atomic mass is 16.5. The average Bonchev–Trinajstić information content (AvgIpc) is 2.61. The van der Waals surface area contributed by atoms with E-state index < -0.39 is 0 Å². The molecule has 0 bridgehead atoms. The van der Waals surface area contributed by atoms with Crippen LogP contribution in [0.1, 0.15) is 36.5 Å². The molecule has 2 N–H and O–H groups in total. The van der Waals surface area contributed by atoms with Crippen molar-refractivity contribution in [3.8, 4) is 5.75 Å². The third-order valence-electron chi connectivity index (χ3n) is 4.82. The Morgan fingerprint density at radius 1 is 1.32 bits per heavy atom. The van der Waals surface area contributed by atoms with Crippen LogP contribution in [0, 0.1) is 11.8 Å². The second-order valence-corrected chi connectivity index (χ2v) is 6.93. The number of benzene rings is 1. The molecule has 25 heavy (non-hydrogen) atoms. The van der Waals surface area contributed by atoms with Crippen LogP contribution in [0.5, 0.6) is 5.75 Å². The lowest BCUT2D eigenvalue weighted by molar-refractivity contribution is -0.117. The van der Waals surface area contributed by atoms with E-state index >= 15 is 0 Å². The molecule has 0 aromatic heterocycles. The van der Waals surface area contributed by atoms with Gasteiger partial charge in [0.15, 0.2) is 0 Å². The summed E-state index contributed by atoms with van der Waals surface area (Å²) < 4.78 is 5.34. The van der Waals surface area contributed by atoms with Crippen molar-refractivity contribution in [3.63, 3.8) is 0 Å². The summed E-state index contributed by atoms with van der Waals surface area (Å²) in [5.74, 6) is 1.32. The number of carbonyl (C=O) groups is 2. The number of amides is 2. The summed E-state index contributed by atoms with van der Waals surface area (Å²) in [6.07, 6.45) is 2.74. The quantitative estimate of drug-likeness (QED) is 0.829. The predicted octanol–water partition coefficient (Wildman–Crippen LogP) is 2.36. The Kier molecular flexibility index (Phi) is 6.82. The normalized spacial score (nSPS) is 16.2. The third-order valence-corrected chi connectivity index (χ3v) is 4.82. The first-order chi connectivity index (χ1) is 11.9. The molecular weight excluding hydrogens is 318 g/mol. The van der Waals surface area contributed by atoms with E-state index in [0.29, 0.717) is 35.3 Å². The van der Waals surface area contributed by atoms with Gasteiger partial charge >= 0.3 is 0 Å². The van der Waals surface area contributed by atoms with Crippen LogP contribution in [0.15, 0.2) is 18.2 Å². The van der Waals surface area contributed by atoms with Gasteiger partial charge in [0.2, 0.25) is 5.91 Å². The van der Waals surface area contributed by atoms with E-state index in [1.807, 2.05) is 0 Å². The molecule has 1 fully saturated rings. The van der Waals surface area contributed by atoms with Crippen molar-refractivity contribution in [2.75, 3.05) is 39.6 Å². The molecule has 0 spiro atoms. The fourth-order valence-corrected chi connectivity index (χ4v) is 3.26. The molecule has 6 heteroatoms. The molecule has 0 radical (unpaired) electrons. The largest absolute Gasteiger partial charge is 0.495 e. The molecule has 1 aliphatic heterocycles. The number of nitrogens with one attached hydrogen (secondary N) is 2. The number of anilines is 1. The van der Waals surface area contributed by atoms with Crippen LogP contribution in [0.4, 0.5) is 5.69 Å². The van der Waals surface area contributed by atoms with Crippen molar-refractivity contribution in [3.05, 3.63) is 23.8 Å². The van der Waals surface area contributed by atoms with Crippen LogP contribution in [0.3, 0.4) is 0 Å². The number of rotatable bonds is 6. The Bertz CT molecular complexity index is 610. The maximum absolute atomic E-state index is 12.4. The molecular formula is C19H29N3O3. The van der Waals surface area contributed by atoms with Crippen molar-refractivity contribution in [2.24, 2.45) is 11.8 Å². The SMILES string of the molecule is COc1cc(C(=O)N(C)C)ccc1NC(=O)CC(C)C1CCNCC1. The van der Waals surface area contributed by atoms with Gasteiger partial charge in [-0.1, -0.05) is 6.92 Å². The number of ether oxygens (including phenoxy) is 1. The van der Waals surface area contributed by atoms with E-state index in [2.05, 4.69) is 17.6 Å². The summed E-state index contributed by atoms with van der Waals surface area (Å²) >= 11 is 0. The molecule has 1 saturated heterocycles. The lowest BCUT2D eigenvalue weighted by atomic mass is 9.84. The highest BCUT2D eigenvalue weighted by molar-refractivity contribution is 5.97. The van der Waals surface area contributed by atoms with Gasteiger partial charge in [0, 0.05) is 26.1 Å². The molecule has 0 aliphatic carbocycles. The zero-order valence-electron chi connectivity index (χ0n) is 15.6. The van der Waals surface area contributed by atoms with Crippen molar-refractivity contribution < 1.29 is 14.3 Å². The minimum absolute atomic E-state index is 0.0176. The van der Waals surface area contributed by atoms with Gasteiger partial charge in [-0.15, -0.1) is 0 Å². The van der Waals surface area contributed by atoms with Crippen LogP contribution in [-0.2, 0) is 4.79 Å². The molecule has 1 atom stereocenters. The lowest BCUT2D eigenvalue weighted by Gasteiger charge is -2.28. The van der Waals surface area contributed by atoms with E-state index in [9.17, 15) is 9.59 Å². The molecule has 6 nitrogen and oxygen atoms in total. The molecule has 0 saturated carbocycles. The van der Waals surface area contributed by atoms with Crippen molar-refractivity contribution >= 4 is 17.5 Å². The van der Waals surface area contributed by atoms with E-state index in [1.54, 1.807) is 32.3 Å². The highest BCUT2D eigenvalue weighted by Gasteiger charge is 2.22. The fourth-order valence-electron chi connectivity index (χ4n) is 3.26. The third kappa shape index (κ3) is 5.19. The van der Waals surface area contributed by atoms with Crippen LogP contribution < -0.4 is 15.4 Å². The topological polar surface area (TPSA) is 70.7 Å². The highest BCUT2D eigenvalue weighted by Crippen LogP contribution is 2.28. The molecule has 1 heterocycles. The minimum atomic E-state index is -0.101. The zero-order valence-corrected chi connectivity index (χ0v) is 15.6. The number of hydrogen-bond donors (Lipinski definition) is 2. The zero-order chi connectivity index (χ0) is 18.4. The monoisotopic (exact) mass is 347 g/mol. The summed E-state index contributed by atoms with van der Waals surface area (Å²) in [4.78, 5) is 26.0. The lowest BCUT2D eigenvalue weighted by Crippen LogP contribution is -2.32. The van der Waals surface area contributed by atoms with Crippen molar-refractivity contribution in [1.29, 1.82) is 0 Å². The first-order valence-corrected chi connectivity index (χ1v) is 8.82. The van der Waals surface area contributed by atoms with Crippen molar-refractivity contribution in [1.82, 2.24) is 10.2 Å². The maximum atomic E-state index is 12.4. The first-order valence-electron chi connectivity index (χ1n) is 8.82. The van der Waals surface area contributed by atoms with E-state index in [0.717, 1.165) is 25.9 Å². The molecule has 1 aromatic rings. The Balaban J connectivity index is 2.00. The van der Waals surface area contributed by atoms with Gasteiger partial charge < -0.3 is 20.3 Å². The van der Waals surface area contributed by atoms with Crippen LogP contribution in [0.2, 0.25) is 0 Å². The predicted molar refractivity (Wildman–Crippen MR) is 99.0 cm³/mol. The van der Waals surface area contributed by atoms with E-state index in [-0.39, 0.29) is 11.8 Å². The fraction of sp³-hybridized carbons (Fsp3) is 0.579. The second kappa shape index (κ2) is 8.85. The van der Waals surface area contributed by atoms with Crippen molar-refractivity contribution in [2.45, 2.75) is 26.2 Å². The molecule has 1 unspecified atom stereocenters. The minimum Gasteiger partial charge on any atom is -0.495 e. The average molecular weight is 347 g/mol. The number of nitrogens with zero attached hydrogens (tertiary/aromatic N) is 1. The maximum Gasteiger partial charge on any atom is 0.253 e. The van der Waals surface area contributed by atoms with Gasteiger partial charge in [0.05, 0.1) is 12.8 Å². The molecule has 2 rings (SSSR count). The van der Waals surface area contributed by atoms with E-state index in [4.69, 9.17) is 4.74 Å². The van der Waals surface area contributed by atoms with Gasteiger partial charge in [-0.3, -0.25) is 9.59 Å². The number of methoxy groups -OCH3 is 1. The number of carbonyl (C=O) groups excluding carboxylic acids is 2. The summed E-state index contributed by atoms with van der Waals surface area (Å²) in [5.41, 5.74) is 1.13. The second-order valence-electron chi connectivity index (χ2n) is 6.93. The first kappa shape index (κ1) is 19.2. The van der Waals surface area contributed by atoms with Crippen LogP contribution in [0.25, 0.3) is 0 Å². The van der Waals surface area contributed by atoms with Gasteiger partial charge in [0.25, 0.3) is 5.91 Å². The van der Waals surface area contributed by atoms with Gasteiger partial charge in [-0.05, 0) is 56.0 Å². The Labute approximate surface area is 149 Å². The molecule has 1 aliphatic rings. The van der Waals surface area contributed by atoms with Crippen LogP contribution in [-0.4, -0.2) is 51.0 Å². The van der Waals surface area contributed by atoms with E-state index in [1.165, 1.54) is 12.0 Å². The summed E-state index contributed by atoms with van der Waals surface area (Å²) in [7, 11) is 4.94. The van der Waals surface area contributed by atoms with Crippen LogP contribution >= 0.6 is 0 Å². The molecule has 1 aromatic carbocycles. The van der Waals surface area contributed by atoms with Gasteiger partial charge in [0.1, 0.15) is 5.75 Å².